The van der Waals surface area contributed by atoms with Gasteiger partial charge in [0.05, 0.1) is 12.5 Å². The molecule has 0 spiro atoms. The molecular formula is C26H36F3N3O4. The van der Waals surface area contributed by atoms with E-state index < -0.39 is 12.1 Å². The summed E-state index contributed by atoms with van der Waals surface area (Å²) in [7, 11) is 0. The van der Waals surface area contributed by atoms with Crippen LogP contribution in [0.2, 0.25) is 0 Å². The Labute approximate surface area is 210 Å². The fourth-order valence-electron chi connectivity index (χ4n) is 5.46. The number of nitrogens with one attached hydrogen (secondary N) is 1. The third-order valence-corrected chi connectivity index (χ3v) is 7.86. The van der Waals surface area contributed by atoms with Crippen LogP contribution in [-0.4, -0.2) is 67.3 Å². The predicted molar refractivity (Wildman–Crippen MR) is 126 cm³/mol. The summed E-state index contributed by atoms with van der Waals surface area (Å²) in [6.45, 7) is 5.38. The van der Waals surface area contributed by atoms with Crippen molar-refractivity contribution in [3.8, 4) is 5.75 Å². The summed E-state index contributed by atoms with van der Waals surface area (Å²) in [5, 5.41) is 2.96. The van der Waals surface area contributed by atoms with Crippen LogP contribution in [0.25, 0.3) is 0 Å². The van der Waals surface area contributed by atoms with Crippen molar-refractivity contribution in [2.75, 3.05) is 39.5 Å². The van der Waals surface area contributed by atoms with Crippen molar-refractivity contribution in [1.29, 1.82) is 0 Å². The van der Waals surface area contributed by atoms with Crippen molar-refractivity contribution in [3.05, 3.63) is 24.0 Å². The Balaban J connectivity index is 1.28. The minimum atomic E-state index is -4.18. The number of ether oxygens (including phenoxy) is 2. The SMILES string of the molecule is CC1(COc2cccnc2C(=O)NCC2CCOCC2)CCN(C(=O)[C@H]2CC[C@H](C(F)(F)F)CC2)C1. The third kappa shape index (κ3) is 6.69. The van der Waals surface area contributed by atoms with Gasteiger partial charge in [0.25, 0.3) is 5.91 Å². The molecule has 2 saturated heterocycles. The second-order valence-electron chi connectivity index (χ2n) is 10.8. The summed E-state index contributed by atoms with van der Waals surface area (Å²) < 4.78 is 50.3. The zero-order chi connectivity index (χ0) is 25.8. The Kier molecular flexibility index (Phi) is 8.42. The van der Waals surface area contributed by atoms with Gasteiger partial charge in [-0.1, -0.05) is 6.92 Å². The highest BCUT2D eigenvalue weighted by Gasteiger charge is 2.44. The largest absolute Gasteiger partial charge is 0.490 e. The lowest BCUT2D eigenvalue weighted by atomic mass is 9.81. The lowest BCUT2D eigenvalue weighted by Gasteiger charge is -2.32. The zero-order valence-corrected chi connectivity index (χ0v) is 20.8. The molecule has 1 atom stereocenters. The van der Waals surface area contributed by atoms with Gasteiger partial charge >= 0.3 is 6.18 Å². The van der Waals surface area contributed by atoms with Crippen molar-refractivity contribution >= 4 is 11.8 Å². The molecule has 3 aliphatic rings. The Bertz CT molecular complexity index is 914. The van der Waals surface area contributed by atoms with Crippen LogP contribution in [0.4, 0.5) is 13.2 Å². The molecule has 1 aliphatic carbocycles. The van der Waals surface area contributed by atoms with Crippen LogP contribution in [0.5, 0.6) is 5.75 Å². The molecule has 2 amide bonds. The summed E-state index contributed by atoms with van der Waals surface area (Å²) >= 11 is 0. The number of rotatable bonds is 7. The number of alkyl halides is 3. The Morgan fingerprint density at radius 1 is 1.19 bits per heavy atom. The number of carbonyl (C=O) groups is 2. The summed E-state index contributed by atoms with van der Waals surface area (Å²) in [6.07, 6.45) is 0.562. The number of pyridine rings is 1. The van der Waals surface area contributed by atoms with E-state index in [1.165, 1.54) is 0 Å². The average Bonchev–Trinajstić information content (AvgIpc) is 3.28. The smallest absolute Gasteiger partial charge is 0.391 e. The molecule has 0 radical (unpaired) electrons. The quantitative estimate of drug-likeness (QED) is 0.593. The number of nitrogens with zero attached hydrogens (tertiary/aromatic N) is 2. The van der Waals surface area contributed by atoms with Crippen LogP contribution >= 0.6 is 0 Å². The first-order valence-electron chi connectivity index (χ1n) is 12.9. The average molecular weight is 512 g/mol. The van der Waals surface area contributed by atoms with E-state index in [1.807, 2.05) is 6.92 Å². The summed E-state index contributed by atoms with van der Waals surface area (Å²) in [4.78, 5) is 31.8. The van der Waals surface area contributed by atoms with E-state index in [1.54, 1.807) is 23.2 Å². The molecule has 0 bridgehead atoms. The molecule has 1 aromatic rings. The maximum atomic E-state index is 13.0. The van der Waals surface area contributed by atoms with E-state index in [0.717, 1.165) is 19.3 Å². The van der Waals surface area contributed by atoms with Crippen molar-refractivity contribution in [1.82, 2.24) is 15.2 Å². The van der Waals surface area contributed by atoms with Gasteiger partial charge in [0.15, 0.2) is 11.4 Å². The molecule has 4 rings (SSSR count). The normalized spacial score (nSPS) is 27.6. The van der Waals surface area contributed by atoms with Gasteiger partial charge < -0.3 is 19.7 Å². The van der Waals surface area contributed by atoms with Crippen LogP contribution in [-0.2, 0) is 9.53 Å². The van der Waals surface area contributed by atoms with E-state index in [-0.39, 0.29) is 54.5 Å². The van der Waals surface area contributed by atoms with Crippen LogP contribution in [0.1, 0.15) is 62.4 Å². The number of halogens is 3. The standard InChI is InChI=1S/C26H36F3N3O4/c1-25(10-12-32(16-25)24(34)19-4-6-20(7-5-19)26(27,28)29)17-36-21-3-2-11-30-22(21)23(33)31-15-18-8-13-35-14-9-18/h2-3,11,18-20H,4-10,12-17H2,1H3,(H,31,33)/t19-,20-,25?. The first kappa shape index (κ1) is 26.7. The first-order valence-corrected chi connectivity index (χ1v) is 12.9. The Morgan fingerprint density at radius 2 is 1.92 bits per heavy atom. The predicted octanol–water partition coefficient (Wildman–Crippen LogP) is 4.22. The van der Waals surface area contributed by atoms with E-state index in [9.17, 15) is 22.8 Å². The van der Waals surface area contributed by atoms with Gasteiger partial charge in [0.2, 0.25) is 5.91 Å². The number of hydrogen-bond donors (Lipinski definition) is 1. The minimum absolute atomic E-state index is 0.0223. The molecule has 2 aliphatic heterocycles. The molecule has 1 N–H and O–H groups in total. The van der Waals surface area contributed by atoms with Gasteiger partial charge in [-0.25, -0.2) is 4.98 Å². The van der Waals surface area contributed by atoms with Crippen molar-refractivity contribution in [2.24, 2.45) is 23.2 Å². The van der Waals surface area contributed by atoms with E-state index in [0.29, 0.717) is 51.1 Å². The van der Waals surface area contributed by atoms with Crippen molar-refractivity contribution in [2.45, 2.75) is 58.0 Å². The molecule has 200 valence electrons. The van der Waals surface area contributed by atoms with Gasteiger partial charge in [-0.05, 0) is 63.0 Å². The zero-order valence-electron chi connectivity index (χ0n) is 20.8. The van der Waals surface area contributed by atoms with E-state index >= 15 is 0 Å². The Morgan fingerprint density at radius 3 is 2.61 bits per heavy atom. The molecule has 1 aromatic heterocycles. The maximum absolute atomic E-state index is 13.0. The highest BCUT2D eigenvalue weighted by Crippen LogP contribution is 2.41. The van der Waals surface area contributed by atoms with Gasteiger partial charge in [0, 0.05) is 50.4 Å². The monoisotopic (exact) mass is 511 g/mol. The summed E-state index contributed by atoms with van der Waals surface area (Å²) in [5.41, 5.74) is -0.0784. The second-order valence-corrected chi connectivity index (χ2v) is 10.8. The van der Waals surface area contributed by atoms with E-state index in [4.69, 9.17) is 9.47 Å². The molecular weight excluding hydrogens is 475 g/mol. The first-order chi connectivity index (χ1) is 17.1. The van der Waals surface area contributed by atoms with Crippen LogP contribution < -0.4 is 10.1 Å². The lowest BCUT2D eigenvalue weighted by Crippen LogP contribution is -2.39. The van der Waals surface area contributed by atoms with Gasteiger partial charge in [-0.15, -0.1) is 0 Å². The van der Waals surface area contributed by atoms with E-state index in [2.05, 4.69) is 10.3 Å². The number of carbonyl (C=O) groups excluding carboxylic acids is 2. The molecule has 1 unspecified atom stereocenters. The molecule has 7 nitrogen and oxygen atoms in total. The highest BCUT2D eigenvalue weighted by atomic mass is 19.4. The topological polar surface area (TPSA) is 80.8 Å². The molecule has 3 heterocycles. The van der Waals surface area contributed by atoms with Gasteiger partial charge in [0.1, 0.15) is 0 Å². The number of likely N-dealkylation sites (tertiary alicyclic amines) is 1. The number of hydrogen-bond acceptors (Lipinski definition) is 5. The molecule has 10 heteroatoms. The molecule has 3 fully saturated rings. The molecule has 1 saturated carbocycles. The van der Waals surface area contributed by atoms with Crippen molar-refractivity contribution in [3.63, 3.8) is 0 Å². The van der Waals surface area contributed by atoms with Gasteiger partial charge in [-0.2, -0.15) is 13.2 Å². The van der Waals surface area contributed by atoms with Crippen LogP contribution in [0, 0.1) is 23.2 Å². The third-order valence-electron chi connectivity index (χ3n) is 7.86. The molecule has 0 aromatic carbocycles. The maximum Gasteiger partial charge on any atom is 0.391 e. The summed E-state index contributed by atoms with van der Waals surface area (Å²) in [6, 6.07) is 3.44. The number of amides is 2. The van der Waals surface area contributed by atoms with Crippen LogP contribution in [0.15, 0.2) is 18.3 Å². The fourth-order valence-corrected chi connectivity index (χ4v) is 5.46. The Hall–Kier alpha value is -2.36. The fraction of sp³-hybridized carbons (Fsp3) is 0.731. The van der Waals surface area contributed by atoms with Crippen molar-refractivity contribution < 1.29 is 32.2 Å². The summed E-state index contributed by atoms with van der Waals surface area (Å²) in [5.74, 6) is -1.16. The number of aromatic nitrogens is 1. The van der Waals surface area contributed by atoms with Crippen LogP contribution in [0.3, 0.4) is 0 Å². The lowest BCUT2D eigenvalue weighted by molar-refractivity contribution is -0.185. The molecule has 36 heavy (non-hydrogen) atoms. The highest BCUT2D eigenvalue weighted by molar-refractivity contribution is 5.94. The second kappa shape index (κ2) is 11.4. The van der Waals surface area contributed by atoms with Gasteiger partial charge in [-0.3, -0.25) is 9.59 Å². The minimum Gasteiger partial charge on any atom is -0.490 e.